The molecule has 8 heteroatoms. The van der Waals surface area contributed by atoms with Gasteiger partial charge in [-0.2, -0.15) is 5.10 Å². The summed E-state index contributed by atoms with van der Waals surface area (Å²) in [6.45, 7) is 5.96. The number of hydrogen-bond donors (Lipinski definition) is 2. The monoisotopic (exact) mass is 344 g/mol. The van der Waals surface area contributed by atoms with Crippen molar-refractivity contribution in [3.05, 3.63) is 30.1 Å². The topological polar surface area (TPSA) is 96.2 Å². The minimum Gasteiger partial charge on any atom is -0.351 e. The van der Waals surface area contributed by atoms with Crippen LogP contribution in [0.25, 0.3) is 0 Å². The van der Waals surface area contributed by atoms with Gasteiger partial charge >= 0.3 is 0 Å². The third-order valence-corrected chi connectivity index (χ3v) is 4.28. The van der Waals surface area contributed by atoms with E-state index >= 15 is 0 Å². The van der Waals surface area contributed by atoms with E-state index in [9.17, 15) is 4.79 Å². The third-order valence-electron chi connectivity index (χ3n) is 4.28. The van der Waals surface area contributed by atoms with Crippen LogP contribution in [0.15, 0.2) is 28.9 Å². The maximum atomic E-state index is 12.0. The Morgan fingerprint density at radius 2 is 2.36 bits per heavy atom. The van der Waals surface area contributed by atoms with Gasteiger partial charge < -0.3 is 14.7 Å². The van der Waals surface area contributed by atoms with Crippen LogP contribution in [0.1, 0.15) is 38.3 Å². The van der Waals surface area contributed by atoms with Crippen molar-refractivity contribution < 1.29 is 9.32 Å². The Labute approximate surface area is 147 Å². The normalized spacial score (nSPS) is 17.2. The van der Waals surface area contributed by atoms with Crippen LogP contribution >= 0.6 is 0 Å². The molecule has 2 N–H and O–H groups in total. The molecule has 0 spiro atoms. The van der Waals surface area contributed by atoms with Gasteiger partial charge in [0.15, 0.2) is 5.82 Å². The third kappa shape index (κ3) is 4.54. The summed E-state index contributed by atoms with van der Waals surface area (Å²) in [6.07, 6.45) is 3.86. The SMILES string of the molecule is CC(C)c1cc(NC(=O)CNC[C@@H]2CCCN2c2cccnn2)on1. The predicted octanol–water partition coefficient (Wildman–Crippen LogP) is 1.79. The Balaban J connectivity index is 1.44. The second-order valence-electron chi connectivity index (χ2n) is 6.52. The quantitative estimate of drug-likeness (QED) is 0.790. The summed E-state index contributed by atoms with van der Waals surface area (Å²) in [6, 6.07) is 5.94. The summed E-state index contributed by atoms with van der Waals surface area (Å²) in [7, 11) is 0. The molecule has 1 fully saturated rings. The lowest BCUT2D eigenvalue weighted by Crippen LogP contribution is -2.41. The number of carbonyl (C=O) groups is 1. The van der Waals surface area contributed by atoms with E-state index in [2.05, 4.69) is 30.9 Å². The zero-order chi connectivity index (χ0) is 17.6. The fraction of sp³-hybridized carbons (Fsp3) is 0.529. The molecule has 1 aliphatic heterocycles. The average Bonchev–Trinajstić information content (AvgIpc) is 3.25. The molecule has 3 rings (SSSR count). The molecule has 1 atom stereocenters. The van der Waals surface area contributed by atoms with E-state index in [0.717, 1.165) is 37.4 Å². The number of nitrogens with one attached hydrogen (secondary N) is 2. The van der Waals surface area contributed by atoms with E-state index < -0.39 is 0 Å². The number of nitrogens with zero attached hydrogens (tertiary/aromatic N) is 4. The van der Waals surface area contributed by atoms with Crippen LogP contribution in [0.3, 0.4) is 0 Å². The molecule has 3 heterocycles. The van der Waals surface area contributed by atoms with Crippen molar-refractivity contribution in [2.24, 2.45) is 0 Å². The summed E-state index contributed by atoms with van der Waals surface area (Å²) >= 11 is 0. The molecule has 1 amide bonds. The molecule has 1 saturated heterocycles. The first-order valence-corrected chi connectivity index (χ1v) is 8.65. The van der Waals surface area contributed by atoms with Gasteiger partial charge in [0.05, 0.1) is 12.2 Å². The highest BCUT2D eigenvalue weighted by Crippen LogP contribution is 2.22. The fourth-order valence-corrected chi connectivity index (χ4v) is 2.95. The molecule has 0 saturated carbocycles. The Hall–Kier alpha value is -2.48. The number of anilines is 2. The molecule has 2 aromatic rings. The van der Waals surface area contributed by atoms with Crippen molar-refractivity contribution in [1.82, 2.24) is 20.7 Å². The maximum absolute atomic E-state index is 12.0. The summed E-state index contributed by atoms with van der Waals surface area (Å²) in [5.41, 5.74) is 0.828. The molecule has 2 aromatic heterocycles. The molecular formula is C17H24N6O2. The van der Waals surface area contributed by atoms with Gasteiger partial charge in [0.2, 0.25) is 11.8 Å². The maximum Gasteiger partial charge on any atom is 0.240 e. The van der Waals surface area contributed by atoms with Crippen molar-refractivity contribution in [3.8, 4) is 0 Å². The van der Waals surface area contributed by atoms with Gasteiger partial charge in [-0.1, -0.05) is 19.0 Å². The standard InChI is InChI=1S/C17H24N6O2/c1-12(2)14-9-17(25-22-14)20-16(24)11-18-10-13-5-4-8-23(13)15-6-3-7-19-21-15/h3,6-7,9,12-13,18H,4-5,8,10-11H2,1-2H3,(H,20,24)/t13-/m0/s1. The Morgan fingerprint density at radius 3 is 3.08 bits per heavy atom. The smallest absolute Gasteiger partial charge is 0.240 e. The predicted molar refractivity (Wildman–Crippen MR) is 94.5 cm³/mol. The van der Waals surface area contributed by atoms with E-state index in [1.807, 2.05) is 26.0 Å². The zero-order valence-corrected chi connectivity index (χ0v) is 14.6. The first kappa shape index (κ1) is 17.3. The van der Waals surface area contributed by atoms with Crippen LogP contribution in [0.5, 0.6) is 0 Å². The summed E-state index contributed by atoms with van der Waals surface area (Å²) in [4.78, 5) is 14.3. The largest absolute Gasteiger partial charge is 0.351 e. The molecule has 8 nitrogen and oxygen atoms in total. The molecule has 0 bridgehead atoms. The van der Waals surface area contributed by atoms with Crippen LogP contribution < -0.4 is 15.5 Å². The van der Waals surface area contributed by atoms with Crippen molar-refractivity contribution in [2.45, 2.75) is 38.6 Å². The molecular weight excluding hydrogens is 320 g/mol. The molecule has 0 radical (unpaired) electrons. The van der Waals surface area contributed by atoms with Crippen LogP contribution in [-0.4, -0.2) is 46.9 Å². The number of carbonyl (C=O) groups excluding carboxylic acids is 1. The van der Waals surface area contributed by atoms with Crippen LogP contribution in [0.4, 0.5) is 11.7 Å². The van der Waals surface area contributed by atoms with Gasteiger partial charge in [-0.25, -0.2) is 0 Å². The number of rotatable bonds is 7. The van der Waals surface area contributed by atoms with Gasteiger partial charge in [0.25, 0.3) is 0 Å². The fourth-order valence-electron chi connectivity index (χ4n) is 2.95. The van der Waals surface area contributed by atoms with Crippen molar-refractivity contribution in [1.29, 1.82) is 0 Å². The van der Waals surface area contributed by atoms with Gasteiger partial charge in [0.1, 0.15) is 0 Å². The molecule has 0 unspecified atom stereocenters. The first-order chi connectivity index (χ1) is 12.1. The second-order valence-corrected chi connectivity index (χ2v) is 6.52. The molecule has 1 aliphatic rings. The molecule has 0 aliphatic carbocycles. The second kappa shape index (κ2) is 8.06. The Kier molecular flexibility index (Phi) is 5.60. The summed E-state index contributed by atoms with van der Waals surface area (Å²) in [5.74, 6) is 1.40. The van der Waals surface area contributed by atoms with Crippen molar-refractivity contribution in [3.63, 3.8) is 0 Å². The Bertz CT molecular complexity index is 687. The number of amides is 1. The van der Waals surface area contributed by atoms with E-state index in [4.69, 9.17) is 4.52 Å². The van der Waals surface area contributed by atoms with Crippen LogP contribution in [0, 0.1) is 0 Å². The van der Waals surface area contributed by atoms with E-state index in [0.29, 0.717) is 11.9 Å². The van der Waals surface area contributed by atoms with Crippen LogP contribution in [0.2, 0.25) is 0 Å². The minimum absolute atomic E-state index is 0.143. The average molecular weight is 344 g/mol. The zero-order valence-electron chi connectivity index (χ0n) is 14.6. The molecule has 25 heavy (non-hydrogen) atoms. The van der Waals surface area contributed by atoms with Gasteiger partial charge in [-0.05, 0) is 30.9 Å². The Morgan fingerprint density at radius 1 is 1.48 bits per heavy atom. The minimum atomic E-state index is -0.143. The van der Waals surface area contributed by atoms with Crippen molar-refractivity contribution >= 4 is 17.6 Å². The first-order valence-electron chi connectivity index (χ1n) is 8.65. The van der Waals surface area contributed by atoms with Crippen molar-refractivity contribution in [2.75, 3.05) is 29.9 Å². The number of hydrogen-bond acceptors (Lipinski definition) is 7. The molecule has 134 valence electrons. The lowest BCUT2D eigenvalue weighted by molar-refractivity contribution is -0.115. The highest BCUT2D eigenvalue weighted by molar-refractivity contribution is 5.90. The number of aromatic nitrogens is 3. The van der Waals surface area contributed by atoms with E-state index in [1.165, 1.54) is 0 Å². The van der Waals surface area contributed by atoms with Gasteiger partial charge in [-0.3, -0.25) is 10.1 Å². The van der Waals surface area contributed by atoms with Gasteiger partial charge in [0, 0.05) is 31.4 Å². The van der Waals surface area contributed by atoms with Gasteiger partial charge in [-0.15, -0.1) is 5.10 Å². The highest BCUT2D eigenvalue weighted by Gasteiger charge is 2.25. The lowest BCUT2D eigenvalue weighted by Gasteiger charge is -2.25. The molecule has 0 aromatic carbocycles. The summed E-state index contributed by atoms with van der Waals surface area (Å²) < 4.78 is 5.12. The van der Waals surface area contributed by atoms with Crippen LogP contribution in [-0.2, 0) is 4.79 Å². The van der Waals surface area contributed by atoms with E-state index in [-0.39, 0.29) is 18.4 Å². The van der Waals surface area contributed by atoms with E-state index in [1.54, 1.807) is 12.3 Å². The highest BCUT2D eigenvalue weighted by atomic mass is 16.5. The lowest BCUT2D eigenvalue weighted by atomic mass is 10.1. The summed E-state index contributed by atoms with van der Waals surface area (Å²) in [5, 5.41) is 18.0.